The highest BCUT2D eigenvalue weighted by Crippen LogP contribution is 2.48. The van der Waals surface area contributed by atoms with Crippen LogP contribution in [-0.4, -0.2) is 46.7 Å². The Morgan fingerprint density at radius 3 is 1.84 bits per heavy atom. The summed E-state index contributed by atoms with van der Waals surface area (Å²) >= 11 is 0. The van der Waals surface area contributed by atoms with Crippen molar-refractivity contribution >= 4 is 7.60 Å². The Kier molecular flexibility index (Phi) is 8.65. The highest BCUT2D eigenvalue weighted by molar-refractivity contribution is 7.54. The van der Waals surface area contributed by atoms with Crippen molar-refractivity contribution in [3.8, 4) is 0 Å². The maximum atomic E-state index is 14.0. The summed E-state index contributed by atoms with van der Waals surface area (Å²) in [6, 6.07) is 0. The van der Waals surface area contributed by atoms with Crippen molar-refractivity contribution in [3.05, 3.63) is 11.9 Å². The first kappa shape index (κ1) is 18.7. The maximum absolute atomic E-state index is 14.0. The number of allylic oxidation sites excluding steroid dienone is 1. The van der Waals surface area contributed by atoms with Gasteiger partial charge in [0.25, 0.3) is 0 Å². The van der Waals surface area contributed by atoms with Gasteiger partial charge in [-0.15, -0.1) is 0 Å². The zero-order valence-corrected chi connectivity index (χ0v) is 12.9. The van der Waals surface area contributed by atoms with E-state index in [4.69, 9.17) is 23.3 Å². The summed E-state index contributed by atoms with van der Waals surface area (Å²) in [5.41, 5.74) is 0. The van der Waals surface area contributed by atoms with Crippen molar-refractivity contribution in [1.82, 2.24) is 0 Å². The van der Waals surface area contributed by atoms with Gasteiger partial charge in [-0.2, -0.15) is 0 Å². The molecular formula is C11H22FO6P. The minimum absolute atomic E-state index is 0.205. The molecule has 0 saturated carbocycles. The van der Waals surface area contributed by atoms with E-state index < -0.39 is 19.4 Å². The van der Waals surface area contributed by atoms with E-state index in [0.717, 1.165) is 6.08 Å². The van der Waals surface area contributed by atoms with Gasteiger partial charge in [0, 0.05) is 21.3 Å². The second-order valence-electron chi connectivity index (χ2n) is 3.35. The van der Waals surface area contributed by atoms with Gasteiger partial charge in [-0.1, -0.05) is 0 Å². The average molecular weight is 300 g/mol. The number of halogens is 1. The summed E-state index contributed by atoms with van der Waals surface area (Å²) in [7, 11) is 0.325. The second-order valence-corrected chi connectivity index (χ2v) is 5.45. The van der Waals surface area contributed by atoms with Gasteiger partial charge in [0.2, 0.25) is 0 Å². The Labute approximate surface area is 113 Å². The number of methoxy groups -OCH3 is 3. The fourth-order valence-electron chi connectivity index (χ4n) is 1.40. The monoisotopic (exact) mass is 300 g/mol. The van der Waals surface area contributed by atoms with E-state index in [9.17, 15) is 8.96 Å². The molecule has 19 heavy (non-hydrogen) atoms. The third-order valence-electron chi connectivity index (χ3n) is 2.24. The van der Waals surface area contributed by atoms with E-state index in [1.165, 1.54) is 21.3 Å². The van der Waals surface area contributed by atoms with E-state index in [2.05, 4.69) is 0 Å². The van der Waals surface area contributed by atoms with E-state index in [1.54, 1.807) is 13.8 Å². The van der Waals surface area contributed by atoms with Gasteiger partial charge in [0.15, 0.2) is 5.83 Å². The van der Waals surface area contributed by atoms with Gasteiger partial charge in [0.05, 0.1) is 19.4 Å². The van der Waals surface area contributed by atoms with Crippen LogP contribution < -0.4 is 0 Å². The highest BCUT2D eigenvalue weighted by atomic mass is 31.2. The van der Waals surface area contributed by atoms with E-state index in [-0.39, 0.29) is 19.4 Å². The zero-order valence-electron chi connectivity index (χ0n) is 12.0. The summed E-state index contributed by atoms with van der Waals surface area (Å²) in [6.45, 7) is 3.76. The summed E-state index contributed by atoms with van der Waals surface area (Å²) in [6.07, 6.45) is 0.779. The molecule has 0 rings (SSSR count). The Morgan fingerprint density at radius 2 is 1.53 bits per heavy atom. The molecule has 0 unspecified atom stereocenters. The molecule has 0 saturated heterocycles. The third kappa shape index (κ3) is 5.30. The standard InChI is InChI=1S/C11H22FO6P/c1-6-17-19(13,18-7-2)9-8-10(12)11(14-3,15-4)16-5/h8H,6-7,9H2,1-5H3/b10-8-. The molecular weight excluding hydrogens is 278 g/mol. The molecule has 8 heteroatoms. The number of ether oxygens (including phenoxy) is 3. The van der Waals surface area contributed by atoms with Crippen molar-refractivity contribution in [2.45, 2.75) is 19.8 Å². The summed E-state index contributed by atoms with van der Waals surface area (Å²) < 4.78 is 50.7. The van der Waals surface area contributed by atoms with Gasteiger partial charge >= 0.3 is 13.6 Å². The van der Waals surface area contributed by atoms with Crippen LogP contribution in [0.3, 0.4) is 0 Å². The van der Waals surface area contributed by atoms with Gasteiger partial charge in [-0.05, 0) is 19.9 Å². The molecule has 0 aromatic rings. The van der Waals surface area contributed by atoms with E-state index in [1.807, 2.05) is 0 Å². The summed E-state index contributed by atoms with van der Waals surface area (Å²) in [4.78, 5) is 0. The van der Waals surface area contributed by atoms with Crippen LogP contribution in [0.15, 0.2) is 11.9 Å². The molecule has 0 radical (unpaired) electrons. The van der Waals surface area contributed by atoms with Crippen LogP contribution >= 0.6 is 7.60 Å². The normalized spacial score (nSPS) is 13.9. The molecule has 0 spiro atoms. The lowest BCUT2D eigenvalue weighted by molar-refractivity contribution is -0.334. The van der Waals surface area contributed by atoms with E-state index in [0.29, 0.717) is 0 Å². The molecule has 0 aliphatic heterocycles. The summed E-state index contributed by atoms with van der Waals surface area (Å²) in [5, 5.41) is 0. The van der Waals surface area contributed by atoms with Crippen molar-refractivity contribution in [2.24, 2.45) is 0 Å². The molecule has 0 aliphatic carbocycles. The van der Waals surface area contributed by atoms with Crippen molar-refractivity contribution in [1.29, 1.82) is 0 Å². The van der Waals surface area contributed by atoms with Gasteiger partial charge in [-0.3, -0.25) is 4.57 Å². The molecule has 0 heterocycles. The van der Waals surface area contributed by atoms with E-state index >= 15 is 0 Å². The molecule has 0 amide bonds. The maximum Gasteiger partial charge on any atom is 0.338 e. The van der Waals surface area contributed by atoms with Crippen molar-refractivity contribution in [2.75, 3.05) is 40.7 Å². The van der Waals surface area contributed by atoms with Crippen LogP contribution in [0, 0.1) is 0 Å². The second kappa shape index (κ2) is 8.79. The van der Waals surface area contributed by atoms with Crippen LogP contribution in [-0.2, 0) is 27.8 Å². The lowest BCUT2D eigenvalue weighted by Gasteiger charge is -2.27. The average Bonchev–Trinajstić information content (AvgIpc) is 2.40. The lowest BCUT2D eigenvalue weighted by Crippen LogP contribution is -2.36. The molecule has 0 aromatic carbocycles. The summed E-state index contributed by atoms with van der Waals surface area (Å²) in [5.74, 6) is -2.80. The minimum Gasteiger partial charge on any atom is -0.325 e. The quantitative estimate of drug-likeness (QED) is 0.456. The number of hydrogen-bond donors (Lipinski definition) is 0. The fourth-order valence-corrected chi connectivity index (χ4v) is 2.85. The number of rotatable bonds is 10. The number of hydrogen-bond acceptors (Lipinski definition) is 6. The Bertz CT molecular complexity index is 311. The van der Waals surface area contributed by atoms with Crippen molar-refractivity contribution < 1.29 is 32.2 Å². The first-order valence-corrected chi connectivity index (χ1v) is 7.56. The van der Waals surface area contributed by atoms with Crippen LogP contribution in [0.4, 0.5) is 4.39 Å². The smallest absolute Gasteiger partial charge is 0.325 e. The lowest BCUT2D eigenvalue weighted by atomic mass is 10.4. The molecule has 6 nitrogen and oxygen atoms in total. The third-order valence-corrected chi connectivity index (χ3v) is 4.18. The van der Waals surface area contributed by atoms with Crippen LogP contribution in [0.2, 0.25) is 0 Å². The highest BCUT2D eigenvalue weighted by Gasteiger charge is 2.37. The predicted octanol–water partition coefficient (Wildman–Crippen LogP) is 2.70. The molecule has 0 aliphatic rings. The Morgan fingerprint density at radius 1 is 1.11 bits per heavy atom. The first-order valence-electron chi connectivity index (χ1n) is 5.83. The molecule has 0 bridgehead atoms. The Balaban J connectivity index is 4.97. The van der Waals surface area contributed by atoms with Gasteiger partial charge in [-0.25, -0.2) is 4.39 Å². The molecule has 114 valence electrons. The molecule has 0 aromatic heterocycles. The molecule has 0 N–H and O–H groups in total. The van der Waals surface area contributed by atoms with Gasteiger partial charge in [0.1, 0.15) is 0 Å². The largest absolute Gasteiger partial charge is 0.338 e. The van der Waals surface area contributed by atoms with Crippen LogP contribution in [0.25, 0.3) is 0 Å². The fraction of sp³-hybridized carbons (Fsp3) is 0.818. The topological polar surface area (TPSA) is 63.2 Å². The van der Waals surface area contributed by atoms with Gasteiger partial charge < -0.3 is 23.3 Å². The zero-order chi connectivity index (χ0) is 14.9. The van der Waals surface area contributed by atoms with Crippen LogP contribution in [0.1, 0.15) is 13.8 Å². The van der Waals surface area contributed by atoms with Crippen molar-refractivity contribution in [3.63, 3.8) is 0 Å². The molecule has 0 fully saturated rings. The predicted molar refractivity (Wildman–Crippen MR) is 68.7 cm³/mol. The molecule has 0 atom stereocenters. The SMILES string of the molecule is CCOP(=O)(C/C=C(\F)C(OC)(OC)OC)OCC. The first-order chi connectivity index (χ1) is 8.93. The Hall–Kier alpha value is -0.300. The van der Waals surface area contributed by atoms with Crippen LogP contribution in [0.5, 0.6) is 0 Å². The minimum atomic E-state index is -3.36.